The molecule has 1 aromatic heterocycles. The molecule has 1 heterocycles. The number of carboxylic acid groups (broad SMARTS) is 1. The lowest BCUT2D eigenvalue weighted by Crippen LogP contribution is -2.00. The fourth-order valence-electron chi connectivity index (χ4n) is 1.24. The summed E-state index contributed by atoms with van der Waals surface area (Å²) >= 11 is 1.45. The van der Waals surface area contributed by atoms with Crippen molar-refractivity contribution in [1.29, 1.82) is 0 Å². The van der Waals surface area contributed by atoms with Crippen LogP contribution in [0.3, 0.4) is 0 Å². The summed E-state index contributed by atoms with van der Waals surface area (Å²) in [6, 6.07) is 0. The number of hydrogen-bond acceptors (Lipinski definition) is 3. The van der Waals surface area contributed by atoms with E-state index < -0.39 is 5.97 Å². The Morgan fingerprint density at radius 1 is 1.75 bits per heavy atom. The van der Waals surface area contributed by atoms with Gasteiger partial charge in [0.2, 0.25) is 0 Å². The minimum atomic E-state index is -0.763. The second kappa shape index (κ2) is 2.86. The molecule has 64 valence electrons. The summed E-state index contributed by atoms with van der Waals surface area (Å²) in [7, 11) is 0. The van der Waals surface area contributed by atoms with Crippen LogP contribution in [-0.4, -0.2) is 16.1 Å². The van der Waals surface area contributed by atoms with Crippen molar-refractivity contribution in [3.8, 4) is 0 Å². The first-order chi connectivity index (χ1) is 5.77. The Kier molecular flexibility index (Phi) is 1.84. The van der Waals surface area contributed by atoms with Crippen molar-refractivity contribution < 1.29 is 9.90 Å². The van der Waals surface area contributed by atoms with E-state index >= 15 is 0 Å². The maximum Gasteiger partial charge on any atom is 0.308 e. The number of hydrogen-bond donors (Lipinski definition) is 1. The van der Waals surface area contributed by atoms with Gasteiger partial charge in [0.25, 0.3) is 0 Å². The predicted molar refractivity (Wildman–Crippen MR) is 45.4 cm³/mol. The normalized spacial score (nSPS) is 16.3. The van der Waals surface area contributed by atoms with E-state index in [0.717, 1.165) is 10.6 Å². The van der Waals surface area contributed by atoms with Crippen molar-refractivity contribution in [2.75, 3.05) is 0 Å². The number of nitrogens with zero attached hydrogens (tertiary/aromatic N) is 1. The molecule has 1 aliphatic carbocycles. The molecule has 0 saturated heterocycles. The SMILES string of the molecule is O=C(O)Cc1scnc1C1CC1. The average molecular weight is 183 g/mol. The summed E-state index contributed by atoms with van der Waals surface area (Å²) in [6.07, 6.45) is 2.49. The second-order valence-electron chi connectivity index (χ2n) is 3.01. The molecule has 1 aliphatic rings. The van der Waals surface area contributed by atoms with Crippen molar-refractivity contribution in [3.05, 3.63) is 16.1 Å². The quantitative estimate of drug-likeness (QED) is 0.775. The molecule has 1 aromatic rings. The molecule has 0 atom stereocenters. The lowest BCUT2D eigenvalue weighted by molar-refractivity contribution is -0.136. The zero-order chi connectivity index (χ0) is 8.55. The molecule has 0 aromatic carbocycles. The van der Waals surface area contributed by atoms with Gasteiger partial charge in [0.15, 0.2) is 0 Å². The summed E-state index contributed by atoms with van der Waals surface area (Å²) in [4.78, 5) is 15.6. The van der Waals surface area contributed by atoms with Gasteiger partial charge < -0.3 is 5.11 Å². The highest BCUT2D eigenvalue weighted by Crippen LogP contribution is 2.41. The van der Waals surface area contributed by atoms with E-state index in [9.17, 15) is 4.79 Å². The molecule has 0 aliphatic heterocycles. The minimum Gasteiger partial charge on any atom is -0.481 e. The Labute approximate surface area is 74.1 Å². The van der Waals surface area contributed by atoms with Gasteiger partial charge >= 0.3 is 5.97 Å². The topological polar surface area (TPSA) is 50.2 Å². The Morgan fingerprint density at radius 2 is 2.50 bits per heavy atom. The van der Waals surface area contributed by atoms with E-state index in [-0.39, 0.29) is 6.42 Å². The van der Waals surface area contributed by atoms with Gasteiger partial charge in [-0.2, -0.15) is 0 Å². The van der Waals surface area contributed by atoms with Crippen LogP contribution in [0.5, 0.6) is 0 Å². The largest absolute Gasteiger partial charge is 0.481 e. The van der Waals surface area contributed by atoms with Gasteiger partial charge in [-0.15, -0.1) is 11.3 Å². The predicted octanol–water partition coefficient (Wildman–Crippen LogP) is 1.65. The van der Waals surface area contributed by atoms with E-state index in [2.05, 4.69) is 4.98 Å². The molecule has 0 unspecified atom stereocenters. The zero-order valence-corrected chi connectivity index (χ0v) is 7.30. The van der Waals surface area contributed by atoms with Crippen LogP contribution in [0.25, 0.3) is 0 Å². The van der Waals surface area contributed by atoms with Crippen LogP contribution < -0.4 is 0 Å². The average Bonchev–Trinajstić information content (AvgIpc) is 2.73. The van der Waals surface area contributed by atoms with E-state index in [1.807, 2.05) is 0 Å². The monoisotopic (exact) mass is 183 g/mol. The maximum absolute atomic E-state index is 10.4. The third-order valence-corrected chi connectivity index (χ3v) is 2.80. The van der Waals surface area contributed by atoms with Gasteiger partial charge in [-0.3, -0.25) is 4.79 Å². The van der Waals surface area contributed by atoms with Crippen molar-refractivity contribution in [1.82, 2.24) is 4.98 Å². The highest BCUT2D eigenvalue weighted by molar-refractivity contribution is 7.09. The second-order valence-corrected chi connectivity index (χ2v) is 3.94. The molecular formula is C8H9NO2S. The van der Waals surface area contributed by atoms with Crippen LogP contribution in [0.15, 0.2) is 5.51 Å². The van der Waals surface area contributed by atoms with Crippen LogP contribution in [0.4, 0.5) is 0 Å². The summed E-state index contributed by atoms with van der Waals surface area (Å²) in [5, 5.41) is 8.59. The molecule has 1 N–H and O–H groups in total. The fraction of sp³-hybridized carbons (Fsp3) is 0.500. The smallest absolute Gasteiger partial charge is 0.308 e. The van der Waals surface area contributed by atoms with Crippen LogP contribution in [0, 0.1) is 0 Å². The van der Waals surface area contributed by atoms with Gasteiger partial charge in [0.1, 0.15) is 0 Å². The number of thiazole rings is 1. The first-order valence-corrected chi connectivity index (χ1v) is 4.79. The van der Waals surface area contributed by atoms with Gasteiger partial charge in [0, 0.05) is 10.8 Å². The molecule has 12 heavy (non-hydrogen) atoms. The molecule has 1 saturated carbocycles. The number of aromatic nitrogens is 1. The highest BCUT2D eigenvalue weighted by Gasteiger charge is 2.28. The standard InChI is InChI=1S/C8H9NO2S/c10-7(11)3-6-8(5-1-2-5)9-4-12-6/h4-5H,1-3H2,(H,10,11). The molecule has 0 radical (unpaired) electrons. The van der Waals surface area contributed by atoms with Crippen LogP contribution in [0.2, 0.25) is 0 Å². The van der Waals surface area contributed by atoms with E-state index in [4.69, 9.17) is 5.11 Å². The third-order valence-electron chi connectivity index (χ3n) is 1.95. The lowest BCUT2D eigenvalue weighted by atomic mass is 10.2. The van der Waals surface area contributed by atoms with Crippen LogP contribution in [0.1, 0.15) is 29.3 Å². The van der Waals surface area contributed by atoms with Crippen molar-refractivity contribution in [2.24, 2.45) is 0 Å². The zero-order valence-electron chi connectivity index (χ0n) is 6.49. The Balaban J connectivity index is 2.18. The number of carboxylic acids is 1. The van der Waals surface area contributed by atoms with Crippen molar-refractivity contribution in [3.63, 3.8) is 0 Å². The molecule has 0 amide bonds. The molecule has 4 heteroatoms. The molecule has 3 nitrogen and oxygen atoms in total. The first-order valence-electron chi connectivity index (χ1n) is 3.91. The van der Waals surface area contributed by atoms with E-state index in [1.54, 1.807) is 5.51 Å². The summed E-state index contributed by atoms with van der Waals surface area (Å²) in [6.45, 7) is 0. The van der Waals surface area contributed by atoms with Gasteiger partial charge in [-0.1, -0.05) is 0 Å². The third kappa shape index (κ3) is 1.48. The number of carbonyl (C=O) groups is 1. The first kappa shape index (κ1) is 7.73. The number of rotatable bonds is 3. The summed E-state index contributed by atoms with van der Waals surface area (Å²) in [5.41, 5.74) is 2.77. The van der Waals surface area contributed by atoms with Crippen LogP contribution in [-0.2, 0) is 11.2 Å². The Bertz CT molecular complexity index is 304. The molecule has 2 rings (SSSR count). The highest BCUT2D eigenvalue weighted by atomic mass is 32.1. The molecular weight excluding hydrogens is 174 g/mol. The molecule has 0 bridgehead atoms. The Hall–Kier alpha value is -0.900. The molecule has 0 spiro atoms. The Morgan fingerprint density at radius 3 is 3.08 bits per heavy atom. The minimum absolute atomic E-state index is 0.135. The van der Waals surface area contributed by atoms with E-state index in [1.165, 1.54) is 24.2 Å². The maximum atomic E-state index is 10.4. The summed E-state index contributed by atoms with van der Waals surface area (Å²) in [5.74, 6) is -0.202. The van der Waals surface area contributed by atoms with Gasteiger partial charge in [-0.25, -0.2) is 4.98 Å². The van der Waals surface area contributed by atoms with Crippen molar-refractivity contribution >= 4 is 17.3 Å². The van der Waals surface area contributed by atoms with E-state index in [0.29, 0.717) is 5.92 Å². The van der Waals surface area contributed by atoms with Gasteiger partial charge in [0.05, 0.1) is 17.6 Å². The van der Waals surface area contributed by atoms with Crippen molar-refractivity contribution in [2.45, 2.75) is 25.2 Å². The molecule has 1 fully saturated rings. The summed E-state index contributed by atoms with van der Waals surface area (Å²) < 4.78 is 0. The fourth-order valence-corrected chi connectivity index (χ4v) is 2.08. The number of aliphatic carboxylic acids is 1. The lowest BCUT2D eigenvalue weighted by Gasteiger charge is -1.95. The van der Waals surface area contributed by atoms with Gasteiger partial charge in [-0.05, 0) is 12.8 Å². The van der Waals surface area contributed by atoms with Crippen LogP contribution >= 0.6 is 11.3 Å².